The maximum atomic E-state index is 12.6. The Labute approximate surface area is 329 Å². The Kier molecular flexibility index (Phi) is 34.4. The van der Waals surface area contributed by atoms with Crippen molar-refractivity contribution in [1.29, 1.82) is 0 Å². The van der Waals surface area contributed by atoms with Gasteiger partial charge in [-0.05, 0) is 83.5 Å². The fraction of sp³-hybridized carbons (Fsp3) is 0.682. The normalized spacial score (nSPS) is 14.4. The van der Waals surface area contributed by atoms with E-state index in [1.54, 1.807) is 0 Å². The minimum Gasteiger partial charge on any atom is -0.756 e. The van der Waals surface area contributed by atoms with Gasteiger partial charge in [0.2, 0.25) is 0 Å². The van der Waals surface area contributed by atoms with Crippen LogP contribution in [0.5, 0.6) is 0 Å². The van der Waals surface area contributed by atoms with Crippen LogP contribution in [0.2, 0.25) is 0 Å². The van der Waals surface area contributed by atoms with Crippen LogP contribution in [0.4, 0.5) is 0 Å². The molecule has 0 radical (unpaired) electrons. The van der Waals surface area contributed by atoms with Gasteiger partial charge >= 0.3 is 11.9 Å². The number of esters is 2. The molecule has 54 heavy (non-hydrogen) atoms. The van der Waals surface area contributed by atoms with Gasteiger partial charge in [0.25, 0.3) is 7.82 Å². The third-order valence-electron chi connectivity index (χ3n) is 8.21. The third-order valence-corrected chi connectivity index (χ3v) is 9.17. The number of hydrogen-bond acceptors (Lipinski definition) is 8. The molecular formula is C44H76NO8P. The molecule has 0 aliphatic heterocycles. The second-order valence-electron chi connectivity index (χ2n) is 14.6. The van der Waals surface area contributed by atoms with Crippen molar-refractivity contribution in [2.75, 3.05) is 47.5 Å². The first-order valence-corrected chi connectivity index (χ1v) is 22.1. The monoisotopic (exact) mass is 778 g/mol. The molecule has 310 valence electrons. The summed E-state index contributed by atoms with van der Waals surface area (Å²) in [6, 6.07) is 0. The molecule has 0 aromatic carbocycles. The average Bonchev–Trinajstić information content (AvgIpc) is 3.12. The number of nitrogens with zero attached hydrogens (tertiary/aromatic N) is 1. The quantitative estimate of drug-likeness (QED) is 0.0203. The van der Waals surface area contributed by atoms with Gasteiger partial charge in [-0.15, -0.1) is 0 Å². The van der Waals surface area contributed by atoms with Gasteiger partial charge in [0.05, 0.1) is 27.7 Å². The number of carbonyl (C=O) groups excluding carboxylic acids is 2. The number of quaternary nitrogens is 1. The summed E-state index contributed by atoms with van der Waals surface area (Å²) < 4.78 is 33.8. The van der Waals surface area contributed by atoms with E-state index in [9.17, 15) is 19.0 Å². The first-order valence-electron chi connectivity index (χ1n) is 20.6. The van der Waals surface area contributed by atoms with Gasteiger partial charge in [0, 0.05) is 12.8 Å². The van der Waals surface area contributed by atoms with E-state index in [1.165, 1.54) is 25.7 Å². The molecule has 0 heterocycles. The number of ether oxygens (including phenoxy) is 2. The highest BCUT2D eigenvalue weighted by Crippen LogP contribution is 2.38. The summed E-state index contributed by atoms with van der Waals surface area (Å²) in [6.45, 7) is 3.99. The minimum atomic E-state index is -4.64. The van der Waals surface area contributed by atoms with Crippen LogP contribution in [-0.2, 0) is 32.7 Å². The van der Waals surface area contributed by atoms with Crippen LogP contribution < -0.4 is 4.89 Å². The Morgan fingerprint density at radius 3 is 1.61 bits per heavy atom. The van der Waals surface area contributed by atoms with Crippen LogP contribution in [0.1, 0.15) is 142 Å². The van der Waals surface area contributed by atoms with Crippen molar-refractivity contribution >= 4 is 19.8 Å². The molecule has 0 saturated heterocycles. The lowest BCUT2D eigenvalue weighted by atomic mass is 10.1. The zero-order valence-corrected chi connectivity index (χ0v) is 35.5. The number of hydrogen-bond donors (Lipinski definition) is 0. The molecule has 0 aliphatic rings. The highest BCUT2D eigenvalue weighted by molar-refractivity contribution is 7.45. The summed E-state index contributed by atoms with van der Waals surface area (Å²) in [7, 11) is 1.12. The van der Waals surface area contributed by atoms with Crippen molar-refractivity contribution in [2.24, 2.45) is 0 Å². The predicted molar refractivity (Wildman–Crippen MR) is 222 cm³/mol. The molecule has 0 N–H and O–H groups in total. The van der Waals surface area contributed by atoms with Crippen molar-refractivity contribution < 1.29 is 42.1 Å². The van der Waals surface area contributed by atoms with E-state index >= 15 is 0 Å². The van der Waals surface area contributed by atoms with E-state index in [2.05, 4.69) is 86.8 Å². The predicted octanol–water partition coefficient (Wildman–Crippen LogP) is 10.8. The van der Waals surface area contributed by atoms with Crippen LogP contribution in [-0.4, -0.2) is 70.0 Å². The van der Waals surface area contributed by atoms with Crippen molar-refractivity contribution in [3.63, 3.8) is 0 Å². The highest BCUT2D eigenvalue weighted by Gasteiger charge is 2.21. The van der Waals surface area contributed by atoms with Gasteiger partial charge in [-0.25, -0.2) is 0 Å². The number of likely N-dealkylation sites (N-methyl/N-ethyl adjacent to an activating group) is 1. The van der Waals surface area contributed by atoms with E-state index < -0.39 is 32.5 Å². The van der Waals surface area contributed by atoms with Crippen LogP contribution >= 0.6 is 7.82 Å². The van der Waals surface area contributed by atoms with Crippen molar-refractivity contribution in [2.45, 2.75) is 148 Å². The molecule has 0 amide bonds. The van der Waals surface area contributed by atoms with E-state index in [4.69, 9.17) is 18.5 Å². The standard InChI is InChI=1S/C44H76NO8P/c1-6-8-10-12-14-16-18-20-22-24-26-28-30-32-34-36-43(46)50-40-42(41-52-54(48,49)51-39-38-45(3,4)5)53-44(47)37-35-33-31-29-27-25-23-21-19-17-15-13-11-9-7-2/h8,10,14-17,20-23,26,28,42H,6-7,9,11-13,18-19,24-25,27,29-41H2,1-5H3/b10-8-,16-14-,17-15-,22-20-,23-21-,28-26-/t42-/m1/s1. The van der Waals surface area contributed by atoms with Crippen LogP contribution in [0.3, 0.4) is 0 Å². The molecule has 0 bridgehead atoms. The van der Waals surface area contributed by atoms with Gasteiger partial charge in [-0.3, -0.25) is 14.2 Å². The maximum absolute atomic E-state index is 12.6. The van der Waals surface area contributed by atoms with Gasteiger partial charge in [-0.1, -0.05) is 119 Å². The summed E-state index contributed by atoms with van der Waals surface area (Å²) >= 11 is 0. The Balaban J connectivity index is 4.51. The molecule has 10 heteroatoms. The van der Waals surface area contributed by atoms with E-state index in [-0.39, 0.29) is 26.1 Å². The zero-order valence-electron chi connectivity index (χ0n) is 34.6. The SMILES string of the molecule is CC/C=C\C/C=C\C/C=C\C/C=C\CCCCC(=O)OC[C@H](COP(=O)([O-])OCC[N+](C)(C)C)OC(=O)CCCCCCC/C=C\C/C=C\CCCCC. The van der Waals surface area contributed by atoms with Crippen molar-refractivity contribution in [1.82, 2.24) is 0 Å². The lowest BCUT2D eigenvalue weighted by Crippen LogP contribution is -2.37. The van der Waals surface area contributed by atoms with Crippen LogP contribution in [0, 0.1) is 0 Å². The number of rotatable bonds is 36. The van der Waals surface area contributed by atoms with Gasteiger partial charge in [0.1, 0.15) is 19.8 Å². The molecular weight excluding hydrogens is 701 g/mol. The Hall–Kier alpha value is -2.55. The fourth-order valence-corrected chi connectivity index (χ4v) is 5.70. The summed E-state index contributed by atoms with van der Waals surface area (Å²) in [5.74, 6) is -0.908. The topological polar surface area (TPSA) is 111 Å². The minimum absolute atomic E-state index is 0.0442. The van der Waals surface area contributed by atoms with Gasteiger partial charge in [0.15, 0.2) is 6.10 Å². The molecule has 0 rings (SSSR count). The second-order valence-corrected chi connectivity index (χ2v) is 16.0. The van der Waals surface area contributed by atoms with Crippen molar-refractivity contribution in [3.8, 4) is 0 Å². The smallest absolute Gasteiger partial charge is 0.306 e. The molecule has 1 unspecified atom stereocenters. The van der Waals surface area contributed by atoms with Crippen LogP contribution in [0.25, 0.3) is 0 Å². The molecule has 0 aliphatic carbocycles. The highest BCUT2D eigenvalue weighted by atomic mass is 31.2. The zero-order chi connectivity index (χ0) is 40.0. The number of unbranched alkanes of at least 4 members (excludes halogenated alkanes) is 10. The lowest BCUT2D eigenvalue weighted by Gasteiger charge is -2.28. The Bertz CT molecular complexity index is 1150. The summed E-state index contributed by atoms with van der Waals surface area (Å²) in [5, 5.41) is 0. The van der Waals surface area contributed by atoms with E-state index in [0.29, 0.717) is 23.9 Å². The Morgan fingerprint density at radius 2 is 1.06 bits per heavy atom. The number of carbonyl (C=O) groups is 2. The molecule has 0 aromatic rings. The van der Waals surface area contributed by atoms with Gasteiger partial charge < -0.3 is 27.9 Å². The first-order chi connectivity index (χ1) is 26.0. The largest absolute Gasteiger partial charge is 0.756 e. The number of phosphoric ester groups is 1. The third kappa shape index (κ3) is 39.2. The van der Waals surface area contributed by atoms with E-state index in [0.717, 1.165) is 77.0 Å². The molecule has 9 nitrogen and oxygen atoms in total. The molecule has 0 aromatic heterocycles. The molecule has 0 spiro atoms. The molecule has 0 saturated carbocycles. The average molecular weight is 778 g/mol. The summed E-state index contributed by atoms with van der Waals surface area (Å²) in [6.07, 6.45) is 43.6. The fourth-order valence-electron chi connectivity index (χ4n) is 4.97. The number of phosphoric acid groups is 1. The van der Waals surface area contributed by atoms with E-state index in [1.807, 2.05) is 21.1 Å². The maximum Gasteiger partial charge on any atom is 0.306 e. The Morgan fingerprint density at radius 1 is 0.593 bits per heavy atom. The van der Waals surface area contributed by atoms with Crippen LogP contribution in [0.15, 0.2) is 72.9 Å². The summed E-state index contributed by atoms with van der Waals surface area (Å²) in [5.41, 5.74) is 0. The second kappa shape index (κ2) is 36.1. The first kappa shape index (κ1) is 51.5. The van der Waals surface area contributed by atoms with Crippen molar-refractivity contribution in [3.05, 3.63) is 72.9 Å². The number of allylic oxidation sites excluding steroid dienone is 12. The lowest BCUT2D eigenvalue weighted by molar-refractivity contribution is -0.870. The van der Waals surface area contributed by atoms with Gasteiger partial charge in [-0.2, -0.15) is 0 Å². The molecule has 2 atom stereocenters. The summed E-state index contributed by atoms with van der Waals surface area (Å²) in [4.78, 5) is 37.4. The molecule has 0 fully saturated rings.